The third kappa shape index (κ3) is 4.73. The van der Waals surface area contributed by atoms with Gasteiger partial charge in [0.2, 0.25) is 0 Å². The Bertz CT molecular complexity index is 249. The lowest BCUT2D eigenvalue weighted by molar-refractivity contribution is 0.173. The van der Waals surface area contributed by atoms with Crippen molar-refractivity contribution in [3.8, 4) is 0 Å². The molecule has 0 aliphatic heterocycles. The van der Waals surface area contributed by atoms with E-state index in [1.807, 2.05) is 5.51 Å². The number of hydrogen-bond donors (Lipinski definition) is 1. The van der Waals surface area contributed by atoms with Crippen molar-refractivity contribution in [1.82, 2.24) is 10.3 Å². The van der Waals surface area contributed by atoms with Crippen molar-refractivity contribution < 1.29 is 4.74 Å². The maximum absolute atomic E-state index is 5.11. The molecule has 0 fully saturated rings. The molecule has 1 N–H and O–H groups in total. The van der Waals surface area contributed by atoms with Gasteiger partial charge in [-0.05, 0) is 12.3 Å². The van der Waals surface area contributed by atoms with Gasteiger partial charge in [-0.2, -0.15) is 0 Å². The van der Waals surface area contributed by atoms with Crippen LogP contribution in [0.1, 0.15) is 26.0 Å². The molecule has 1 aromatic rings. The number of thiazole rings is 1. The van der Waals surface area contributed by atoms with Crippen molar-refractivity contribution in [3.05, 3.63) is 16.6 Å². The lowest BCUT2D eigenvalue weighted by atomic mass is 10.0. The third-order valence-electron chi connectivity index (χ3n) is 2.47. The SMILES string of the molecule is COCCC(NCc1cscn1)C(C)C. The normalized spacial score (nSPS) is 13.3. The summed E-state index contributed by atoms with van der Waals surface area (Å²) in [6, 6.07) is 0.506. The van der Waals surface area contributed by atoms with E-state index in [1.165, 1.54) is 0 Å². The van der Waals surface area contributed by atoms with E-state index >= 15 is 0 Å². The van der Waals surface area contributed by atoms with E-state index < -0.39 is 0 Å². The van der Waals surface area contributed by atoms with Crippen LogP contribution in [0.4, 0.5) is 0 Å². The minimum atomic E-state index is 0.506. The summed E-state index contributed by atoms with van der Waals surface area (Å²) < 4.78 is 5.11. The van der Waals surface area contributed by atoms with Crippen LogP contribution in [0.15, 0.2) is 10.9 Å². The zero-order valence-electron chi connectivity index (χ0n) is 9.69. The summed E-state index contributed by atoms with van der Waals surface area (Å²) in [4.78, 5) is 4.25. The predicted molar refractivity (Wildman–Crippen MR) is 64.1 cm³/mol. The van der Waals surface area contributed by atoms with Crippen LogP contribution in [-0.2, 0) is 11.3 Å². The van der Waals surface area contributed by atoms with Gasteiger partial charge in [0, 0.05) is 31.7 Å². The van der Waals surface area contributed by atoms with Crippen LogP contribution in [0.5, 0.6) is 0 Å². The molecule has 1 rings (SSSR count). The molecule has 1 heterocycles. The lowest BCUT2D eigenvalue weighted by Gasteiger charge is -2.21. The van der Waals surface area contributed by atoms with Gasteiger partial charge in [-0.1, -0.05) is 13.8 Å². The van der Waals surface area contributed by atoms with Crippen molar-refractivity contribution in [1.29, 1.82) is 0 Å². The van der Waals surface area contributed by atoms with Gasteiger partial charge in [0.1, 0.15) is 0 Å². The molecule has 1 atom stereocenters. The number of aromatic nitrogens is 1. The molecule has 15 heavy (non-hydrogen) atoms. The van der Waals surface area contributed by atoms with Gasteiger partial charge in [-0.15, -0.1) is 11.3 Å². The molecule has 0 radical (unpaired) electrons. The van der Waals surface area contributed by atoms with Crippen LogP contribution in [0.25, 0.3) is 0 Å². The number of nitrogens with zero attached hydrogens (tertiary/aromatic N) is 1. The van der Waals surface area contributed by atoms with Gasteiger partial charge in [-0.3, -0.25) is 0 Å². The smallest absolute Gasteiger partial charge is 0.0795 e. The first-order valence-electron chi connectivity index (χ1n) is 5.33. The van der Waals surface area contributed by atoms with Crippen LogP contribution in [-0.4, -0.2) is 24.7 Å². The van der Waals surface area contributed by atoms with Gasteiger partial charge >= 0.3 is 0 Å². The molecule has 0 bridgehead atoms. The quantitative estimate of drug-likeness (QED) is 0.777. The van der Waals surface area contributed by atoms with Crippen molar-refractivity contribution in [2.24, 2.45) is 5.92 Å². The van der Waals surface area contributed by atoms with Crippen molar-refractivity contribution in [3.63, 3.8) is 0 Å². The Morgan fingerprint density at radius 1 is 1.53 bits per heavy atom. The number of ether oxygens (including phenoxy) is 1. The number of hydrogen-bond acceptors (Lipinski definition) is 4. The Hall–Kier alpha value is -0.450. The summed E-state index contributed by atoms with van der Waals surface area (Å²) in [6.45, 7) is 6.13. The Morgan fingerprint density at radius 3 is 2.87 bits per heavy atom. The first kappa shape index (κ1) is 12.6. The summed E-state index contributed by atoms with van der Waals surface area (Å²) in [5.74, 6) is 0.624. The molecule has 0 aliphatic rings. The highest BCUT2D eigenvalue weighted by molar-refractivity contribution is 7.07. The second-order valence-corrected chi connectivity index (χ2v) is 4.71. The van der Waals surface area contributed by atoms with Crippen molar-refractivity contribution in [2.45, 2.75) is 32.9 Å². The van der Waals surface area contributed by atoms with E-state index in [-0.39, 0.29) is 0 Å². The highest BCUT2D eigenvalue weighted by Gasteiger charge is 2.12. The second kappa shape index (κ2) is 6.93. The van der Waals surface area contributed by atoms with E-state index in [0.29, 0.717) is 12.0 Å². The molecule has 0 spiro atoms. The predicted octanol–water partition coefficient (Wildman–Crippen LogP) is 2.29. The Balaban J connectivity index is 2.31. The van der Waals surface area contributed by atoms with Crippen LogP contribution in [0, 0.1) is 5.92 Å². The van der Waals surface area contributed by atoms with Crippen molar-refractivity contribution >= 4 is 11.3 Å². The highest BCUT2D eigenvalue weighted by Crippen LogP contribution is 2.08. The molecule has 0 saturated heterocycles. The summed E-state index contributed by atoms with van der Waals surface area (Å²) in [5.41, 5.74) is 3.00. The molecule has 0 aliphatic carbocycles. The minimum Gasteiger partial charge on any atom is -0.385 e. The maximum Gasteiger partial charge on any atom is 0.0795 e. The molecule has 1 aromatic heterocycles. The molecule has 0 saturated carbocycles. The van der Waals surface area contributed by atoms with Gasteiger partial charge in [0.05, 0.1) is 11.2 Å². The summed E-state index contributed by atoms with van der Waals surface area (Å²) in [6.07, 6.45) is 1.05. The Kier molecular flexibility index (Phi) is 5.83. The third-order valence-corrected chi connectivity index (χ3v) is 3.10. The molecular weight excluding hydrogens is 208 g/mol. The molecule has 86 valence electrons. The second-order valence-electron chi connectivity index (χ2n) is 3.99. The maximum atomic E-state index is 5.11. The zero-order chi connectivity index (χ0) is 11.1. The van der Waals surface area contributed by atoms with E-state index in [4.69, 9.17) is 4.74 Å². The Labute approximate surface area is 95.9 Å². The van der Waals surface area contributed by atoms with Gasteiger partial charge < -0.3 is 10.1 Å². The topological polar surface area (TPSA) is 34.1 Å². The highest BCUT2D eigenvalue weighted by atomic mass is 32.1. The van der Waals surface area contributed by atoms with Crippen LogP contribution in [0.3, 0.4) is 0 Å². The van der Waals surface area contributed by atoms with Gasteiger partial charge in [-0.25, -0.2) is 4.98 Å². The first-order chi connectivity index (χ1) is 7.24. The van der Waals surface area contributed by atoms with Gasteiger partial charge in [0.15, 0.2) is 0 Å². The van der Waals surface area contributed by atoms with E-state index in [1.54, 1.807) is 18.4 Å². The lowest BCUT2D eigenvalue weighted by Crippen LogP contribution is -2.34. The first-order valence-corrected chi connectivity index (χ1v) is 6.27. The van der Waals surface area contributed by atoms with Crippen LogP contribution >= 0.6 is 11.3 Å². The Morgan fingerprint density at radius 2 is 2.33 bits per heavy atom. The monoisotopic (exact) mass is 228 g/mol. The fraction of sp³-hybridized carbons (Fsp3) is 0.727. The molecule has 1 unspecified atom stereocenters. The van der Waals surface area contributed by atoms with Gasteiger partial charge in [0.25, 0.3) is 0 Å². The number of nitrogens with one attached hydrogen (secondary N) is 1. The fourth-order valence-corrected chi connectivity index (χ4v) is 2.03. The van der Waals surface area contributed by atoms with E-state index in [0.717, 1.165) is 25.3 Å². The number of methoxy groups -OCH3 is 1. The van der Waals surface area contributed by atoms with Crippen LogP contribution in [0.2, 0.25) is 0 Å². The average molecular weight is 228 g/mol. The van der Waals surface area contributed by atoms with Crippen molar-refractivity contribution in [2.75, 3.05) is 13.7 Å². The van der Waals surface area contributed by atoms with E-state index in [9.17, 15) is 0 Å². The average Bonchev–Trinajstić information content (AvgIpc) is 2.70. The number of rotatable bonds is 7. The molecule has 0 aromatic carbocycles. The molecule has 4 heteroatoms. The largest absolute Gasteiger partial charge is 0.385 e. The van der Waals surface area contributed by atoms with E-state index in [2.05, 4.69) is 29.5 Å². The van der Waals surface area contributed by atoms with Crippen LogP contribution < -0.4 is 5.32 Å². The standard InChI is InChI=1S/C11H20N2OS/c1-9(2)11(4-5-14-3)12-6-10-7-15-8-13-10/h7-9,11-12H,4-6H2,1-3H3. The summed E-state index contributed by atoms with van der Waals surface area (Å²) >= 11 is 1.64. The minimum absolute atomic E-state index is 0.506. The molecular formula is C11H20N2OS. The molecule has 3 nitrogen and oxygen atoms in total. The summed E-state index contributed by atoms with van der Waals surface area (Å²) in [5, 5.41) is 5.60. The molecule has 0 amide bonds. The fourth-order valence-electron chi connectivity index (χ4n) is 1.48. The zero-order valence-corrected chi connectivity index (χ0v) is 10.5. The summed E-state index contributed by atoms with van der Waals surface area (Å²) in [7, 11) is 1.75.